The van der Waals surface area contributed by atoms with E-state index >= 15 is 0 Å². The molecular formula is C14H29NS. The molecule has 0 aromatic heterocycles. The maximum Gasteiger partial charge on any atom is 0.0155 e. The van der Waals surface area contributed by atoms with E-state index in [2.05, 4.69) is 31.1 Å². The first-order chi connectivity index (χ1) is 7.86. The van der Waals surface area contributed by atoms with Crippen molar-refractivity contribution in [1.29, 1.82) is 0 Å². The highest BCUT2D eigenvalue weighted by molar-refractivity contribution is 7.99. The van der Waals surface area contributed by atoms with E-state index in [1.807, 2.05) is 0 Å². The molecule has 0 spiro atoms. The molecule has 0 aromatic rings. The Kier molecular flexibility index (Phi) is 8.40. The summed E-state index contributed by atoms with van der Waals surface area (Å²) in [4.78, 5) is 0. The Labute approximate surface area is 106 Å². The summed E-state index contributed by atoms with van der Waals surface area (Å²) < 4.78 is 0. The van der Waals surface area contributed by atoms with Crippen molar-refractivity contribution in [3.05, 3.63) is 0 Å². The molecule has 0 radical (unpaired) electrons. The third-order valence-electron chi connectivity index (χ3n) is 3.65. The van der Waals surface area contributed by atoms with E-state index in [0.29, 0.717) is 0 Å². The van der Waals surface area contributed by atoms with Gasteiger partial charge in [-0.2, -0.15) is 11.8 Å². The van der Waals surface area contributed by atoms with Crippen LogP contribution in [0.2, 0.25) is 0 Å². The standard InChI is InChI=1S/C14H29NS/c1-3-4-6-9-13(15-2)12-16-14-10-7-5-8-11-14/h13-15H,3-12H2,1-2H3. The van der Waals surface area contributed by atoms with Crippen LogP contribution in [0.5, 0.6) is 0 Å². The minimum absolute atomic E-state index is 0.749. The lowest BCUT2D eigenvalue weighted by molar-refractivity contribution is 0.508. The number of rotatable bonds is 8. The highest BCUT2D eigenvalue weighted by Gasteiger charge is 2.15. The molecule has 0 aromatic carbocycles. The molecule has 1 nitrogen and oxygen atoms in total. The van der Waals surface area contributed by atoms with Gasteiger partial charge < -0.3 is 5.32 Å². The molecule has 0 saturated heterocycles. The number of hydrogen-bond donors (Lipinski definition) is 1. The van der Waals surface area contributed by atoms with Crippen molar-refractivity contribution in [2.75, 3.05) is 12.8 Å². The minimum Gasteiger partial charge on any atom is -0.316 e. The van der Waals surface area contributed by atoms with Crippen molar-refractivity contribution < 1.29 is 0 Å². The van der Waals surface area contributed by atoms with Gasteiger partial charge in [-0.15, -0.1) is 0 Å². The van der Waals surface area contributed by atoms with Gasteiger partial charge in [-0.1, -0.05) is 45.4 Å². The molecule has 96 valence electrons. The molecule has 1 rings (SSSR count). The molecule has 1 saturated carbocycles. The summed E-state index contributed by atoms with van der Waals surface area (Å²) in [5.74, 6) is 1.32. The maximum absolute atomic E-state index is 3.48. The van der Waals surface area contributed by atoms with Gasteiger partial charge in [-0.25, -0.2) is 0 Å². The molecule has 1 unspecified atom stereocenters. The first-order valence-electron chi connectivity index (χ1n) is 7.15. The Balaban J connectivity index is 2.07. The van der Waals surface area contributed by atoms with Crippen molar-refractivity contribution in [1.82, 2.24) is 5.32 Å². The van der Waals surface area contributed by atoms with Crippen molar-refractivity contribution >= 4 is 11.8 Å². The lowest BCUT2D eigenvalue weighted by atomic mass is 10.0. The van der Waals surface area contributed by atoms with Gasteiger partial charge in [-0.3, -0.25) is 0 Å². The van der Waals surface area contributed by atoms with E-state index in [1.54, 1.807) is 0 Å². The summed E-state index contributed by atoms with van der Waals surface area (Å²) >= 11 is 2.23. The fraction of sp³-hybridized carbons (Fsp3) is 1.00. The zero-order valence-electron chi connectivity index (χ0n) is 11.1. The fourth-order valence-corrected chi connectivity index (χ4v) is 3.94. The quantitative estimate of drug-likeness (QED) is 0.641. The number of unbranched alkanes of at least 4 members (excludes halogenated alkanes) is 2. The lowest BCUT2D eigenvalue weighted by Crippen LogP contribution is -2.28. The predicted octanol–water partition coefficient (Wildman–Crippen LogP) is 4.22. The van der Waals surface area contributed by atoms with E-state index in [4.69, 9.17) is 0 Å². The first kappa shape index (κ1) is 14.4. The summed E-state index contributed by atoms with van der Waals surface area (Å²) in [6, 6.07) is 0.749. The molecule has 0 heterocycles. The molecule has 1 N–H and O–H groups in total. The molecule has 2 heteroatoms. The normalized spacial score (nSPS) is 19.9. The Morgan fingerprint density at radius 2 is 1.94 bits per heavy atom. The Bertz CT molecular complexity index is 155. The highest BCUT2D eigenvalue weighted by atomic mass is 32.2. The predicted molar refractivity (Wildman–Crippen MR) is 76.3 cm³/mol. The van der Waals surface area contributed by atoms with Gasteiger partial charge in [0.2, 0.25) is 0 Å². The zero-order valence-corrected chi connectivity index (χ0v) is 12.0. The topological polar surface area (TPSA) is 12.0 Å². The van der Waals surface area contributed by atoms with Crippen LogP contribution in [0.25, 0.3) is 0 Å². The van der Waals surface area contributed by atoms with Crippen LogP contribution in [-0.2, 0) is 0 Å². The molecule has 1 aliphatic rings. The fourth-order valence-electron chi connectivity index (χ4n) is 2.44. The van der Waals surface area contributed by atoms with Crippen molar-refractivity contribution in [3.63, 3.8) is 0 Å². The largest absolute Gasteiger partial charge is 0.316 e. The highest BCUT2D eigenvalue weighted by Crippen LogP contribution is 2.28. The third kappa shape index (κ3) is 6.15. The first-order valence-corrected chi connectivity index (χ1v) is 8.20. The summed E-state index contributed by atoms with van der Waals surface area (Å²) in [6.07, 6.45) is 12.8. The average molecular weight is 243 g/mol. The van der Waals surface area contributed by atoms with E-state index in [9.17, 15) is 0 Å². The summed E-state index contributed by atoms with van der Waals surface area (Å²) in [6.45, 7) is 2.28. The summed E-state index contributed by atoms with van der Waals surface area (Å²) in [5, 5.41) is 4.45. The van der Waals surface area contributed by atoms with Gasteiger partial charge in [0, 0.05) is 17.0 Å². The van der Waals surface area contributed by atoms with Gasteiger partial charge in [-0.05, 0) is 26.3 Å². The van der Waals surface area contributed by atoms with Gasteiger partial charge in [0.05, 0.1) is 0 Å². The van der Waals surface area contributed by atoms with Crippen LogP contribution < -0.4 is 5.32 Å². The van der Waals surface area contributed by atoms with E-state index < -0.39 is 0 Å². The van der Waals surface area contributed by atoms with Crippen LogP contribution in [0.3, 0.4) is 0 Å². The molecule has 1 fully saturated rings. The van der Waals surface area contributed by atoms with Crippen LogP contribution in [0.4, 0.5) is 0 Å². The number of nitrogens with one attached hydrogen (secondary N) is 1. The van der Waals surface area contributed by atoms with Crippen molar-refractivity contribution in [2.45, 2.75) is 76.0 Å². The average Bonchev–Trinajstić information content (AvgIpc) is 2.35. The van der Waals surface area contributed by atoms with Crippen LogP contribution in [0.15, 0.2) is 0 Å². The molecule has 0 amide bonds. The second-order valence-corrected chi connectivity index (χ2v) is 6.41. The number of hydrogen-bond acceptors (Lipinski definition) is 2. The van der Waals surface area contributed by atoms with Gasteiger partial charge in [0.1, 0.15) is 0 Å². The third-order valence-corrected chi connectivity index (χ3v) is 5.19. The molecule has 1 atom stereocenters. The minimum atomic E-state index is 0.749. The number of thioether (sulfide) groups is 1. The second kappa shape index (κ2) is 9.35. The summed E-state index contributed by atoms with van der Waals surface area (Å²) in [7, 11) is 2.12. The molecule has 1 aliphatic carbocycles. The Morgan fingerprint density at radius 3 is 2.56 bits per heavy atom. The zero-order chi connectivity index (χ0) is 11.6. The molecular weight excluding hydrogens is 214 g/mol. The van der Waals surface area contributed by atoms with Gasteiger partial charge in [0.15, 0.2) is 0 Å². The Hall–Kier alpha value is 0.310. The second-order valence-electron chi connectivity index (χ2n) is 5.07. The van der Waals surface area contributed by atoms with Crippen LogP contribution in [0, 0.1) is 0 Å². The molecule has 0 bridgehead atoms. The van der Waals surface area contributed by atoms with Gasteiger partial charge in [0.25, 0.3) is 0 Å². The van der Waals surface area contributed by atoms with Crippen LogP contribution >= 0.6 is 11.8 Å². The van der Waals surface area contributed by atoms with Crippen LogP contribution in [0.1, 0.15) is 64.7 Å². The lowest BCUT2D eigenvalue weighted by Gasteiger charge is -2.23. The monoisotopic (exact) mass is 243 g/mol. The summed E-state index contributed by atoms with van der Waals surface area (Å²) in [5.41, 5.74) is 0. The smallest absolute Gasteiger partial charge is 0.0155 e. The van der Waals surface area contributed by atoms with Crippen LogP contribution in [-0.4, -0.2) is 24.1 Å². The van der Waals surface area contributed by atoms with E-state index in [-0.39, 0.29) is 0 Å². The van der Waals surface area contributed by atoms with Crippen molar-refractivity contribution in [3.8, 4) is 0 Å². The SMILES string of the molecule is CCCCCC(CSC1CCCCC1)NC. The van der Waals surface area contributed by atoms with Crippen molar-refractivity contribution in [2.24, 2.45) is 0 Å². The molecule has 0 aliphatic heterocycles. The Morgan fingerprint density at radius 1 is 1.19 bits per heavy atom. The maximum atomic E-state index is 3.48. The molecule has 16 heavy (non-hydrogen) atoms. The van der Waals surface area contributed by atoms with E-state index in [1.165, 1.54) is 63.5 Å². The van der Waals surface area contributed by atoms with Gasteiger partial charge >= 0.3 is 0 Å². The van der Waals surface area contributed by atoms with E-state index in [0.717, 1.165) is 11.3 Å².